The molecule has 0 atom stereocenters. The van der Waals surface area contributed by atoms with Crippen LogP contribution >= 0.6 is 0 Å². The first-order valence-corrected chi connectivity index (χ1v) is 7.65. The van der Waals surface area contributed by atoms with E-state index >= 15 is 0 Å². The van der Waals surface area contributed by atoms with E-state index in [1.54, 1.807) is 6.07 Å². The lowest BCUT2D eigenvalue weighted by molar-refractivity contribution is -0.118. The van der Waals surface area contributed by atoms with E-state index in [0.717, 1.165) is 23.2 Å². The lowest BCUT2D eigenvalue weighted by Gasteiger charge is -2.25. The molecule has 0 aromatic heterocycles. The zero-order valence-corrected chi connectivity index (χ0v) is 12.4. The van der Waals surface area contributed by atoms with Gasteiger partial charge in [-0.1, -0.05) is 6.07 Å². The molecule has 4 nitrogen and oxygen atoms in total. The van der Waals surface area contributed by atoms with Gasteiger partial charge in [0.1, 0.15) is 5.82 Å². The molecule has 23 heavy (non-hydrogen) atoms. The lowest BCUT2D eigenvalue weighted by Crippen LogP contribution is -2.32. The first kappa shape index (κ1) is 13.9. The van der Waals surface area contributed by atoms with Crippen molar-refractivity contribution in [2.75, 3.05) is 16.8 Å². The van der Waals surface area contributed by atoms with Gasteiger partial charge in [-0.15, -0.1) is 0 Å². The Kier molecular flexibility index (Phi) is 3.15. The molecule has 2 aromatic rings. The topological polar surface area (TPSA) is 49.4 Å². The summed E-state index contributed by atoms with van der Waals surface area (Å²) < 4.78 is 13.2. The number of nitrogens with zero attached hydrogens (tertiary/aromatic N) is 1. The molecule has 1 N–H and O–H groups in total. The highest BCUT2D eigenvalue weighted by Crippen LogP contribution is 2.38. The van der Waals surface area contributed by atoms with E-state index in [2.05, 4.69) is 5.32 Å². The number of benzene rings is 2. The minimum absolute atomic E-state index is 0.174. The van der Waals surface area contributed by atoms with Gasteiger partial charge in [-0.05, 0) is 54.3 Å². The number of carbonyl (C=O) groups excluding carboxylic acids is 2. The van der Waals surface area contributed by atoms with E-state index in [9.17, 15) is 14.0 Å². The Balaban J connectivity index is 1.64. The number of anilines is 2. The number of halogens is 1. The van der Waals surface area contributed by atoms with Crippen molar-refractivity contribution in [2.24, 2.45) is 0 Å². The predicted molar refractivity (Wildman–Crippen MR) is 85.2 cm³/mol. The predicted octanol–water partition coefficient (Wildman–Crippen LogP) is 2.91. The molecule has 2 heterocycles. The van der Waals surface area contributed by atoms with Crippen LogP contribution in [-0.2, 0) is 17.6 Å². The van der Waals surface area contributed by atoms with Crippen LogP contribution in [0.3, 0.4) is 0 Å². The molecule has 116 valence electrons. The summed E-state index contributed by atoms with van der Waals surface area (Å²) >= 11 is 0. The van der Waals surface area contributed by atoms with Gasteiger partial charge in [-0.2, -0.15) is 0 Å². The average molecular weight is 310 g/mol. The maximum atomic E-state index is 13.2. The fourth-order valence-corrected chi connectivity index (χ4v) is 3.36. The average Bonchev–Trinajstić information content (AvgIpc) is 2.96. The maximum absolute atomic E-state index is 13.2. The summed E-state index contributed by atoms with van der Waals surface area (Å²) in [5, 5.41) is 2.83. The van der Waals surface area contributed by atoms with Gasteiger partial charge >= 0.3 is 0 Å². The standard InChI is InChI=1S/C18H15FN2O2/c19-14-3-1-2-13(8-14)18(23)20-15-9-11-4-5-16(22)21-7-6-12(10-15)17(11)21/h1-3,8-10H,4-7H2,(H,20,23). The van der Waals surface area contributed by atoms with E-state index in [1.165, 1.54) is 18.2 Å². The van der Waals surface area contributed by atoms with Crippen molar-refractivity contribution < 1.29 is 14.0 Å². The van der Waals surface area contributed by atoms with E-state index in [-0.39, 0.29) is 17.4 Å². The molecule has 0 saturated heterocycles. The summed E-state index contributed by atoms with van der Waals surface area (Å²) in [6, 6.07) is 9.45. The third kappa shape index (κ3) is 2.38. The van der Waals surface area contributed by atoms with Crippen molar-refractivity contribution in [2.45, 2.75) is 19.3 Å². The van der Waals surface area contributed by atoms with Gasteiger partial charge in [-0.25, -0.2) is 4.39 Å². The summed E-state index contributed by atoms with van der Waals surface area (Å²) in [4.78, 5) is 26.0. The van der Waals surface area contributed by atoms with Crippen LogP contribution in [0.4, 0.5) is 15.8 Å². The molecule has 2 aromatic carbocycles. The highest BCUT2D eigenvalue weighted by atomic mass is 19.1. The quantitative estimate of drug-likeness (QED) is 0.927. The van der Waals surface area contributed by atoms with Crippen LogP contribution in [0, 0.1) is 5.82 Å². The zero-order chi connectivity index (χ0) is 16.0. The van der Waals surface area contributed by atoms with Gasteiger partial charge in [0.05, 0.1) is 5.69 Å². The van der Waals surface area contributed by atoms with Gasteiger partial charge in [0, 0.05) is 24.2 Å². The Hall–Kier alpha value is -2.69. The van der Waals surface area contributed by atoms with Gasteiger partial charge < -0.3 is 10.2 Å². The second kappa shape index (κ2) is 5.19. The van der Waals surface area contributed by atoms with Gasteiger partial charge in [0.15, 0.2) is 0 Å². The fourth-order valence-electron chi connectivity index (χ4n) is 3.36. The van der Waals surface area contributed by atoms with E-state index in [1.807, 2.05) is 17.0 Å². The number of rotatable bonds is 2. The maximum Gasteiger partial charge on any atom is 0.255 e. The van der Waals surface area contributed by atoms with E-state index in [0.29, 0.717) is 25.1 Å². The van der Waals surface area contributed by atoms with Gasteiger partial charge in [0.2, 0.25) is 5.91 Å². The lowest BCUT2D eigenvalue weighted by atomic mass is 9.98. The molecule has 0 radical (unpaired) electrons. The Labute approximate surface area is 132 Å². The summed E-state index contributed by atoms with van der Waals surface area (Å²) in [6.07, 6.45) is 2.01. The van der Waals surface area contributed by atoms with Crippen LogP contribution in [0.5, 0.6) is 0 Å². The zero-order valence-electron chi connectivity index (χ0n) is 12.4. The summed E-state index contributed by atoms with van der Waals surface area (Å²) in [5.41, 5.74) is 4.18. The minimum atomic E-state index is -0.434. The van der Waals surface area contributed by atoms with Crippen molar-refractivity contribution in [1.82, 2.24) is 0 Å². The number of hydrogen-bond acceptors (Lipinski definition) is 2. The molecular formula is C18H15FN2O2. The van der Waals surface area contributed by atoms with Crippen LogP contribution < -0.4 is 10.2 Å². The van der Waals surface area contributed by atoms with Crippen molar-refractivity contribution in [3.05, 3.63) is 58.9 Å². The smallest absolute Gasteiger partial charge is 0.255 e. The first-order valence-electron chi connectivity index (χ1n) is 7.65. The number of hydrogen-bond donors (Lipinski definition) is 1. The minimum Gasteiger partial charge on any atom is -0.322 e. The number of carbonyl (C=O) groups is 2. The second-order valence-electron chi connectivity index (χ2n) is 5.90. The SMILES string of the molecule is O=C(Nc1cc2c3c(c1)CCN3C(=O)CC2)c1cccc(F)c1. The molecular weight excluding hydrogens is 295 g/mol. The molecule has 2 aliphatic heterocycles. The fraction of sp³-hybridized carbons (Fsp3) is 0.222. The molecule has 0 aliphatic carbocycles. The third-order valence-corrected chi connectivity index (χ3v) is 4.40. The highest BCUT2D eigenvalue weighted by Gasteiger charge is 2.31. The van der Waals surface area contributed by atoms with Crippen LogP contribution in [0.2, 0.25) is 0 Å². The summed E-state index contributed by atoms with van der Waals surface area (Å²) in [5.74, 6) is -0.595. The molecule has 5 heteroatoms. The molecule has 2 aliphatic rings. The summed E-state index contributed by atoms with van der Waals surface area (Å²) in [7, 11) is 0. The molecule has 2 amide bonds. The Morgan fingerprint density at radius 1 is 1.09 bits per heavy atom. The first-order chi connectivity index (χ1) is 11.1. The van der Waals surface area contributed by atoms with Gasteiger partial charge in [0.25, 0.3) is 5.91 Å². The van der Waals surface area contributed by atoms with Crippen molar-refractivity contribution in [3.8, 4) is 0 Å². The molecule has 0 fully saturated rings. The van der Waals surface area contributed by atoms with Crippen LogP contribution in [-0.4, -0.2) is 18.4 Å². The van der Waals surface area contributed by atoms with Crippen LogP contribution in [0.25, 0.3) is 0 Å². The Morgan fingerprint density at radius 3 is 2.65 bits per heavy atom. The Bertz CT molecular complexity index is 832. The third-order valence-electron chi connectivity index (χ3n) is 4.40. The number of aryl methyl sites for hydroxylation is 1. The monoisotopic (exact) mass is 310 g/mol. The molecule has 0 spiro atoms. The van der Waals surface area contributed by atoms with Crippen LogP contribution in [0.1, 0.15) is 27.9 Å². The highest BCUT2D eigenvalue weighted by molar-refractivity contribution is 6.05. The largest absolute Gasteiger partial charge is 0.322 e. The molecule has 4 rings (SSSR count). The van der Waals surface area contributed by atoms with Crippen LogP contribution in [0.15, 0.2) is 36.4 Å². The van der Waals surface area contributed by atoms with Gasteiger partial charge in [-0.3, -0.25) is 9.59 Å². The molecule has 0 unspecified atom stereocenters. The van der Waals surface area contributed by atoms with Crippen molar-refractivity contribution in [3.63, 3.8) is 0 Å². The Morgan fingerprint density at radius 2 is 1.87 bits per heavy atom. The van der Waals surface area contributed by atoms with Crippen molar-refractivity contribution in [1.29, 1.82) is 0 Å². The second-order valence-corrected chi connectivity index (χ2v) is 5.90. The normalized spacial score (nSPS) is 15.5. The summed E-state index contributed by atoms with van der Waals surface area (Å²) in [6.45, 7) is 0.711. The molecule has 0 bridgehead atoms. The molecule has 0 saturated carbocycles. The number of nitrogens with one attached hydrogen (secondary N) is 1. The number of amides is 2. The van der Waals surface area contributed by atoms with E-state index in [4.69, 9.17) is 0 Å². The van der Waals surface area contributed by atoms with E-state index < -0.39 is 5.82 Å². The van der Waals surface area contributed by atoms with Crippen molar-refractivity contribution >= 4 is 23.2 Å².